The van der Waals surface area contributed by atoms with Crippen LogP contribution in [-0.4, -0.2) is 49.7 Å². The molecule has 1 aliphatic heterocycles. The largest absolute Gasteiger partial charge is 0.340 e. The number of sulfonamides is 1. The van der Waals surface area contributed by atoms with Gasteiger partial charge in [-0.2, -0.15) is 14.8 Å². The number of hydrogen-bond acceptors (Lipinski definition) is 5. The molecule has 1 amide bonds. The van der Waals surface area contributed by atoms with Crippen molar-refractivity contribution in [2.24, 2.45) is 5.92 Å². The second-order valence-corrected chi connectivity index (χ2v) is 8.39. The summed E-state index contributed by atoms with van der Waals surface area (Å²) in [6, 6.07) is 13.2. The van der Waals surface area contributed by atoms with Gasteiger partial charge >= 0.3 is 0 Å². The zero-order valence-corrected chi connectivity index (χ0v) is 16.5. The van der Waals surface area contributed by atoms with Gasteiger partial charge in [0.05, 0.1) is 25.0 Å². The predicted molar refractivity (Wildman–Crippen MR) is 106 cm³/mol. The average molecular weight is 401 g/mol. The molecule has 28 heavy (non-hydrogen) atoms. The third kappa shape index (κ3) is 6.19. The summed E-state index contributed by atoms with van der Waals surface area (Å²) in [4.78, 5) is 14.3. The topological polar surface area (TPSA) is 105 Å². The highest BCUT2D eigenvalue weighted by Crippen LogP contribution is 2.23. The molecular formula is C20H24N4O3S. The van der Waals surface area contributed by atoms with E-state index in [2.05, 4.69) is 0 Å². The zero-order chi connectivity index (χ0) is 20.4. The van der Waals surface area contributed by atoms with E-state index in [1.54, 1.807) is 11.0 Å². The third-order valence-corrected chi connectivity index (χ3v) is 6.26. The van der Waals surface area contributed by atoms with Crippen LogP contribution < -0.4 is 0 Å². The van der Waals surface area contributed by atoms with Gasteiger partial charge in [0.1, 0.15) is 0 Å². The quantitative estimate of drug-likeness (QED) is 0.666. The van der Waals surface area contributed by atoms with Crippen molar-refractivity contribution in [3.63, 3.8) is 0 Å². The van der Waals surface area contributed by atoms with Crippen molar-refractivity contribution in [1.82, 2.24) is 9.21 Å². The number of rotatable bonds is 8. The predicted octanol–water partition coefficient (Wildman–Crippen LogP) is 2.36. The zero-order valence-electron chi connectivity index (χ0n) is 15.7. The van der Waals surface area contributed by atoms with Crippen LogP contribution in [0.5, 0.6) is 0 Å². The summed E-state index contributed by atoms with van der Waals surface area (Å²) in [6.07, 6.45) is 2.88. The Labute approximate surface area is 166 Å². The fourth-order valence-electron chi connectivity index (χ4n) is 3.13. The smallest absolute Gasteiger partial charge is 0.236 e. The minimum Gasteiger partial charge on any atom is -0.340 e. The van der Waals surface area contributed by atoms with Gasteiger partial charge in [-0.15, -0.1) is 0 Å². The maximum atomic E-state index is 12.7. The molecule has 0 bridgehead atoms. The number of carbonyl (C=O) groups is 1. The molecule has 7 nitrogen and oxygen atoms in total. The van der Waals surface area contributed by atoms with Gasteiger partial charge in [0.2, 0.25) is 15.9 Å². The van der Waals surface area contributed by atoms with E-state index in [-0.39, 0.29) is 37.8 Å². The number of nitriles is 2. The molecule has 0 N–H and O–H groups in total. The number of amides is 1. The van der Waals surface area contributed by atoms with Crippen LogP contribution in [0.3, 0.4) is 0 Å². The molecule has 0 spiro atoms. The van der Waals surface area contributed by atoms with Crippen LogP contribution in [0.25, 0.3) is 6.08 Å². The van der Waals surface area contributed by atoms with Crippen molar-refractivity contribution in [3.8, 4) is 12.1 Å². The van der Waals surface area contributed by atoms with E-state index in [1.807, 2.05) is 42.5 Å². The first kappa shape index (κ1) is 21.6. The summed E-state index contributed by atoms with van der Waals surface area (Å²) >= 11 is 0. The lowest BCUT2D eigenvalue weighted by atomic mass is 9.96. The molecule has 0 radical (unpaired) electrons. The Morgan fingerprint density at radius 1 is 1.11 bits per heavy atom. The molecule has 1 aromatic carbocycles. The van der Waals surface area contributed by atoms with Gasteiger partial charge in [-0.25, -0.2) is 8.42 Å². The van der Waals surface area contributed by atoms with E-state index in [4.69, 9.17) is 10.5 Å². The minimum atomic E-state index is -3.54. The lowest BCUT2D eigenvalue weighted by molar-refractivity contribution is -0.136. The molecule has 1 fully saturated rings. The number of piperidine rings is 1. The Morgan fingerprint density at radius 2 is 1.68 bits per heavy atom. The highest BCUT2D eigenvalue weighted by molar-refractivity contribution is 7.92. The van der Waals surface area contributed by atoms with Gasteiger partial charge in [-0.1, -0.05) is 30.3 Å². The Kier molecular flexibility index (Phi) is 8.19. The maximum Gasteiger partial charge on any atom is 0.236 e. The molecule has 0 unspecified atom stereocenters. The van der Waals surface area contributed by atoms with Gasteiger partial charge in [0.25, 0.3) is 0 Å². The molecule has 1 aromatic rings. The van der Waals surface area contributed by atoms with Crippen LogP contribution in [0.15, 0.2) is 35.7 Å². The highest BCUT2D eigenvalue weighted by atomic mass is 32.2. The molecule has 148 valence electrons. The van der Waals surface area contributed by atoms with Crippen molar-refractivity contribution < 1.29 is 13.2 Å². The monoisotopic (exact) mass is 400 g/mol. The van der Waals surface area contributed by atoms with Crippen LogP contribution in [0.4, 0.5) is 0 Å². The molecule has 1 aliphatic rings. The second kappa shape index (κ2) is 10.6. The van der Waals surface area contributed by atoms with Gasteiger partial charge in [0.15, 0.2) is 0 Å². The second-order valence-electron chi connectivity index (χ2n) is 6.57. The van der Waals surface area contributed by atoms with E-state index in [9.17, 15) is 13.2 Å². The van der Waals surface area contributed by atoms with Crippen molar-refractivity contribution in [2.45, 2.75) is 25.7 Å². The first-order valence-electron chi connectivity index (χ1n) is 9.24. The summed E-state index contributed by atoms with van der Waals surface area (Å²) in [5.74, 6) is -0.371. The fraction of sp³-hybridized carbons (Fsp3) is 0.450. The first-order valence-corrected chi connectivity index (χ1v) is 10.7. The van der Waals surface area contributed by atoms with Crippen LogP contribution in [0, 0.1) is 28.6 Å². The molecular weight excluding hydrogens is 376 g/mol. The van der Waals surface area contributed by atoms with Crippen molar-refractivity contribution in [3.05, 3.63) is 41.3 Å². The van der Waals surface area contributed by atoms with Gasteiger partial charge in [-0.3, -0.25) is 4.79 Å². The molecule has 0 aromatic heterocycles. The molecule has 2 rings (SSSR count). The van der Waals surface area contributed by atoms with E-state index >= 15 is 0 Å². The van der Waals surface area contributed by atoms with Crippen molar-refractivity contribution in [1.29, 1.82) is 10.5 Å². The number of nitrogens with zero attached hydrogens (tertiary/aromatic N) is 4. The molecule has 8 heteroatoms. The fourth-order valence-corrected chi connectivity index (χ4v) is 4.35. The number of benzene rings is 1. The van der Waals surface area contributed by atoms with Crippen LogP contribution >= 0.6 is 0 Å². The van der Waals surface area contributed by atoms with E-state index in [0.717, 1.165) is 5.56 Å². The lowest BCUT2D eigenvalue weighted by Gasteiger charge is -2.32. The lowest BCUT2D eigenvalue weighted by Crippen LogP contribution is -2.44. The summed E-state index contributed by atoms with van der Waals surface area (Å²) in [6.45, 7) is 1.16. The SMILES string of the molecule is N#CCCN(CCC#N)C(=O)C1CCN(S(=O)(=O)/C=C/c2ccccc2)CC1. The normalized spacial score (nSPS) is 15.8. The van der Waals surface area contributed by atoms with E-state index in [1.165, 1.54) is 9.71 Å². The molecule has 0 saturated carbocycles. The van der Waals surface area contributed by atoms with E-state index in [0.29, 0.717) is 25.9 Å². The summed E-state index contributed by atoms with van der Waals surface area (Å²) in [7, 11) is -3.54. The van der Waals surface area contributed by atoms with Gasteiger partial charge < -0.3 is 4.90 Å². The van der Waals surface area contributed by atoms with E-state index < -0.39 is 10.0 Å². The minimum absolute atomic E-state index is 0.0950. The molecule has 1 heterocycles. The molecule has 0 atom stereocenters. The highest BCUT2D eigenvalue weighted by Gasteiger charge is 2.32. The van der Waals surface area contributed by atoms with Gasteiger partial charge in [0, 0.05) is 37.5 Å². The summed E-state index contributed by atoms with van der Waals surface area (Å²) in [5.41, 5.74) is 0.807. The number of hydrogen-bond donors (Lipinski definition) is 0. The van der Waals surface area contributed by atoms with Crippen LogP contribution in [0.2, 0.25) is 0 Å². The summed E-state index contributed by atoms with van der Waals surface area (Å²) in [5, 5.41) is 18.7. The average Bonchev–Trinajstić information content (AvgIpc) is 2.73. The Bertz CT molecular complexity index is 843. The van der Waals surface area contributed by atoms with Crippen LogP contribution in [0.1, 0.15) is 31.2 Å². The Balaban J connectivity index is 1.95. The van der Waals surface area contributed by atoms with Crippen molar-refractivity contribution >= 4 is 22.0 Å². The van der Waals surface area contributed by atoms with Gasteiger partial charge in [-0.05, 0) is 24.5 Å². The Hall–Kier alpha value is -2.68. The first-order chi connectivity index (χ1) is 13.5. The maximum absolute atomic E-state index is 12.7. The van der Waals surface area contributed by atoms with Crippen LogP contribution in [-0.2, 0) is 14.8 Å². The van der Waals surface area contributed by atoms with Crippen molar-refractivity contribution in [2.75, 3.05) is 26.2 Å². The summed E-state index contributed by atoms with van der Waals surface area (Å²) < 4.78 is 26.4. The molecule has 1 saturated heterocycles. The third-order valence-electron chi connectivity index (χ3n) is 4.69. The molecule has 0 aliphatic carbocycles. The number of carbonyl (C=O) groups excluding carboxylic acids is 1. The Morgan fingerprint density at radius 3 is 2.21 bits per heavy atom. The standard InChI is InChI=1S/C20H24N4O3S/c21-11-4-13-23(14-5-12-22)20(25)19-8-15-24(16-9-19)28(26,27)17-10-18-6-2-1-3-7-18/h1-3,6-7,10,17,19H,4-5,8-9,13-16H2/b17-10+.